The van der Waals surface area contributed by atoms with E-state index in [1.807, 2.05) is 26.0 Å². The Hall–Kier alpha value is -1.72. The smallest absolute Gasteiger partial charge is 0.240 e. The van der Waals surface area contributed by atoms with E-state index in [9.17, 15) is 8.42 Å². The summed E-state index contributed by atoms with van der Waals surface area (Å²) in [6.45, 7) is 3.79. The topological polar surface area (TPSA) is 59.1 Å². The first-order chi connectivity index (χ1) is 9.53. The molecule has 1 N–H and O–H groups in total. The van der Waals surface area contributed by atoms with Crippen LogP contribution in [0.2, 0.25) is 0 Å². The SMILES string of the molecule is CCC(C)NS(=O)(=O)c1ccc(-c2cccnc2)cc1. The van der Waals surface area contributed by atoms with Gasteiger partial charge in [0, 0.05) is 18.4 Å². The number of rotatable bonds is 5. The van der Waals surface area contributed by atoms with Crippen molar-refractivity contribution in [3.05, 3.63) is 48.8 Å². The van der Waals surface area contributed by atoms with Gasteiger partial charge in [0.05, 0.1) is 4.90 Å². The molecular formula is C15H18N2O2S. The van der Waals surface area contributed by atoms with E-state index in [2.05, 4.69) is 9.71 Å². The van der Waals surface area contributed by atoms with E-state index in [0.29, 0.717) is 0 Å². The number of aromatic nitrogens is 1. The molecule has 0 aliphatic rings. The van der Waals surface area contributed by atoms with Gasteiger partial charge in [-0.15, -0.1) is 0 Å². The number of hydrogen-bond donors (Lipinski definition) is 1. The molecule has 1 heterocycles. The van der Waals surface area contributed by atoms with E-state index in [4.69, 9.17) is 0 Å². The lowest BCUT2D eigenvalue weighted by atomic mass is 10.1. The van der Waals surface area contributed by atoms with Gasteiger partial charge in [-0.3, -0.25) is 4.98 Å². The average Bonchev–Trinajstić information content (AvgIpc) is 2.48. The summed E-state index contributed by atoms with van der Waals surface area (Å²) in [7, 11) is -3.44. The van der Waals surface area contributed by atoms with Crippen molar-refractivity contribution in [2.75, 3.05) is 0 Å². The molecule has 0 bridgehead atoms. The van der Waals surface area contributed by atoms with Crippen molar-refractivity contribution in [2.45, 2.75) is 31.2 Å². The Morgan fingerprint density at radius 2 is 1.85 bits per heavy atom. The third kappa shape index (κ3) is 3.43. The summed E-state index contributed by atoms with van der Waals surface area (Å²) < 4.78 is 26.9. The van der Waals surface area contributed by atoms with Crippen molar-refractivity contribution in [3.63, 3.8) is 0 Å². The molecule has 2 aromatic rings. The first-order valence-corrected chi connectivity index (χ1v) is 8.04. The van der Waals surface area contributed by atoms with Crippen molar-refractivity contribution >= 4 is 10.0 Å². The number of pyridine rings is 1. The Morgan fingerprint density at radius 3 is 2.40 bits per heavy atom. The molecule has 0 saturated carbocycles. The zero-order chi connectivity index (χ0) is 14.6. The van der Waals surface area contributed by atoms with Crippen LogP contribution in [0.25, 0.3) is 11.1 Å². The van der Waals surface area contributed by atoms with Gasteiger partial charge in [-0.05, 0) is 42.7 Å². The minimum atomic E-state index is -3.44. The molecular weight excluding hydrogens is 272 g/mol. The molecule has 1 aromatic heterocycles. The molecule has 2 rings (SSSR count). The number of benzene rings is 1. The molecule has 0 saturated heterocycles. The molecule has 1 unspecified atom stereocenters. The van der Waals surface area contributed by atoms with Gasteiger partial charge < -0.3 is 0 Å². The Balaban J connectivity index is 2.25. The lowest BCUT2D eigenvalue weighted by Crippen LogP contribution is -2.31. The van der Waals surface area contributed by atoms with Crippen LogP contribution in [0.5, 0.6) is 0 Å². The van der Waals surface area contributed by atoms with Crippen LogP contribution in [0, 0.1) is 0 Å². The normalized spacial score (nSPS) is 13.1. The largest absolute Gasteiger partial charge is 0.264 e. The first-order valence-electron chi connectivity index (χ1n) is 6.55. The highest BCUT2D eigenvalue weighted by Gasteiger charge is 2.16. The molecule has 1 atom stereocenters. The molecule has 0 fully saturated rings. The van der Waals surface area contributed by atoms with Gasteiger partial charge in [0.15, 0.2) is 0 Å². The minimum Gasteiger partial charge on any atom is -0.264 e. The standard InChI is InChI=1S/C15H18N2O2S/c1-3-12(2)17-20(18,19)15-8-6-13(7-9-15)14-5-4-10-16-11-14/h4-12,17H,3H2,1-2H3. The van der Waals surface area contributed by atoms with Crippen molar-refractivity contribution in [3.8, 4) is 11.1 Å². The van der Waals surface area contributed by atoms with Gasteiger partial charge in [0.1, 0.15) is 0 Å². The van der Waals surface area contributed by atoms with Crippen LogP contribution < -0.4 is 4.72 Å². The fraction of sp³-hybridized carbons (Fsp3) is 0.267. The van der Waals surface area contributed by atoms with E-state index >= 15 is 0 Å². The fourth-order valence-electron chi connectivity index (χ4n) is 1.78. The fourth-order valence-corrected chi connectivity index (χ4v) is 3.10. The Labute approximate surface area is 119 Å². The predicted octanol–water partition coefficient (Wildman–Crippen LogP) is 2.83. The second kappa shape index (κ2) is 6.15. The number of nitrogens with one attached hydrogen (secondary N) is 1. The van der Waals surface area contributed by atoms with Crippen molar-refractivity contribution in [1.29, 1.82) is 0 Å². The Morgan fingerprint density at radius 1 is 1.15 bits per heavy atom. The average molecular weight is 290 g/mol. The highest BCUT2D eigenvalue weighted by atomic mass is 32.2. The zero-order valence-corrected chi connectivity index (χ0v) is 12.4. The second-order valence-corrected chi connectivity index (χ2v) is 6.41. The number of sulfonamides is 1. The summed E-state index contributed by atoms with van der Waals surface area (Å²) >= 11 is 0. The zero-order valence-electron chi connectivity index (χ0n) is 11.6. The highest BCUT2D eigenvalue weighted by molar-refractivity contribution is 7.89. The molecule has 1 aromatic carbocycles. The molecule has 20 heavy (non-hydrogen) atoms. The lowest BCUT2D eigenvalue weighted by molar-refractivity contribution is 0.556. The summed E-state index contributed by atoms with van der Waals surface area (Å²) in [5, 5.41) is 0. The van der Waals surface area contributed by atoms with Gasteiger partial charge in [-0.1, -0.05) is 25.1 Å². The van der Waals surface area contributed by atoms with Crippen molar-refractivity contribution in [1.82, 2.24) is 9.71 Å². The third-order valence-electron chi connectivity index (χ3n) is 3.13. The van der Waals surface area contributed by atoms with Crippen LogP contribution in [-0.2, 0) is 10.0 Å². The molecule has 5 heteroatoms. The van der Waals surface area contributed by atoms with Crippen LogP contribution in [0.1, 0.15) is 20.3 Å². The van der Waals surface area contributed by atoms with Crippen LogP contribution in [0.15, 0.2) is 53.7 Å². The maximum absolute atomic E-state index is 12.1. The summed E-state index contributed by atoms with van der Waals surface area (Å²) in [6, 6.07) is 10.5. The molecule has 0 spiro atoms. The number of nitrogens with zero attached hydrogens (tertiary/aromatic N) is 1. The molecule has 4 nitrogen and oxygen atoms in total. The summed E-state index contributed by atoms with van der Waals surface area (Å²) in [5.41, 5.74) is 1.91. The molecule has 0 amide bonds. The van der Waals surface area contributed by atoms with Crippen molar-refractivity contribution in [2.24, 2.45) is 0 Å². The molecule has 106 valence electrons. The van der Waals surface area contributed by atoms with E-state index < -0.39 is 10.0 Å². The monoisotopic (exact) mass is 290 g/mol. The van der Waals surface area contributed by atoms with Gasteiger partial charge in [0.25, 0.3) is 0 Å². The highest BCUT2D eigenvalue weighted by Crippen LogP contribution is 2.20. The summed E-state index contributed by atoms with van der Waals surface area (Å²) in [6.07, 6.45) is 4.21. The van der Waals surface area contributed by atoms with Gasteiger partial charge in [-0.25, -0.2) is 13.1 Å². The Bertz CT molecular complexity index is 652. The summed E-state index contributed by atoms with van der Waals surface area (Å²) in [4.78, 5) is 4.33. The predicted molar refractivity (Wildman–Crippen MR) is 79.7 cm³/mol. The third-order valence-corrected chi connectivity index (χ3v) is 4.73. The van der Waals surface area contributed by atoms with Crippen LogP contribution in [0.4, 0.5) is 0 Å². The minimum absolute atomic E-state index is 0.0713. The lowest BCUT2D eigenvalue weighted by Gasteiger charge is -2.12. The molecule has 0 radical (unpaired) electrons. The van der Waals surface area contributed by atoms with Gasteiger partial charge in [-0.2, -0.15) is 0 Å². The second-order valence-electron chi connectivity index (χ2n) is 4.70. The van der Waals surface area contributed by atoms with E-state index in [0.717, 1.165) is 17.5 Å². The van der Waals surface area contributed by atoms with E-state index in [-0.39, 0.29) is 10.9 Å². The van der Waals surface area contributed by atoms with Crippen LogP contribution in [0.3, 0.4) is 0 Å². The first kappa shape index (κ1) is 14.7. The molecule has 0 aliphatic heterocycles. The van der Waals surface area contributed by atoms with Crippen LogP contribution >= 0.6 is 0 Å². The van der Waals surface area contributed by atoms with E-state index in [1.165, 1.54) is 0 Å². The maximum atomic E-state index is 12.1. The molecule has 0 aliphatic carbocycles. The van der Waals surface area contributed by atoms with Gasteiger partial charge >= 0.3 is 0 Å². The Kier molecular flexibility index (Phi) is 4.52. The quantitative estimate of drug-likeness (QED) is 0.921. The maximum Gasteiger partial charge on any atom is 0.240 e. The van der Waals surface area contributed by atoms with Gasteiger partial charge in [0.2, 0.25) is 10.0 Å². The van der Waals surface area contributed by atoms with Crippen molar-refractivity contribution < 1.29 is 8.42 Å². The van der Waals surface area contributed by atoms with Crippen LogP contribution in [-0.4, -0.2) is 19.4 Å². The summed E-state index contributed by atoms with van der Waals surface area (Å²) in [5.74, 6) is 0. The van der Waals surface area contributed by atoms with E-state index in [1.54, 1.807) is 36.7 Å². The number of hydrogen-bond acceptors (Lipinski definition) is 3.